The fourth-order valence-corrected chi connectivity index (χ4v) is 3.35. The molecule has 1 aromatic heterocycles. The van der Waals surface area contributed by atoms with Gasteiger partial charge < -0.3 is 15.2 Å². The zero-order valence-electron chi connectivity index (χ0n) is 14.4. The third-order valence-electron chi connectivity index (χ3n) is 4.40. The van der Waals surface area contributed by atoms with Crippen molar-refractivity contribution in [2.75, 3.05) is 0 Å². The number of aryl methyl sites for hydroxylation is 4. The quantitative estimate of drug-likeness (QED) is 0.675. The Bertz CT molecular complexity index is 826. The molecule has 0 bridgehead atoms. The summed E-state index contributed by atoms with van der Waals surface area (Å²) >= 11 is 0. The second-order valence-corrected chi connectivity index (χ2v) is 6.48. The summed E-state index contributed by atoms with van der Waals surface area (Å²) in [5.41, 5.74) is 6.11. The van der Waals surface area contributed by atoms with E-state index in [1.807, 2.05) is 52.0 Å². The van der Waals surface area contributed by atoms with Gasteiger partial charge in [-0.2, -0.15) is 0 Å². The first-order valence-corrected chi connectivity index (χ1v) is 7.97. The first kappa shape index (κ1) is 16.1. The number of nitrogens with zero attached hydrogens (tertiary/aromatic N) is 1. The molecule has 3 aromatic rings. The van der Waals surface area contributed by atoms with Gasteiger partial charge in [0.05, 0.1) is 12.2 Å². The van der Waals surface area contributed by atoms with Gasteiger partial charge in [0.15, 0.2) is 0 Å². The molecule has 4 nitrogen and oxygen atoms in total. The molecule has 1 heterocycles. The molecule has 0 aliphatic carbocycles. The number of benzene rings is 2. The lowest BCUT2D eigenvalue weighted by molar-refractivity contribution is 0.453. The summed E-state index contributed by atoms with van der Waals surface area (Å²) in [5, 5.41) is 21.3. The maximum absolute atomic E-state index is 10.7. The zero-order chi connectivity index (χ0) is 17.4. The number of aromatic nitrogens is 2. The summed E-state index contributed by atoms with van der Waals surface area (Å²) in [6.45, 7) is 7.77. The Morgan fingerprint density at radius 3 is 1.75 bits per heavy atom. The highest BCUT2D eigenvalue weighted by molar-refractivity contribution is 5.56. The molecule has 0 saturated carbocycles. The van der Waals surface area contributed by atoms with Gasteiger partial charge in [0.25, 0.3) is 0 Å². The van der Waals surface area contributed by atoms with Crippen LogP contribution in [0.2, 0.25) is 0 Å². The molecular weight excluding hydrogens is 300 g/mol. The van der Waals surface area contributed by atoms with Crippen LogP contribution >= 0.6 is 0 Å². The number of hydrogen-bond acceptors (Lipinski definition) is 3. The SMILES string of the molecule is Cc1cc(C)c(O)c(C(c2cnc[nH]2)c2cc(C)cc(C)c2O)c1. The minimum atomic E-state index is -0.315. The van der Waals surface area contributed by atoms with Gasteiger partial charge >= 0.3 is 0 Å². The average molecular weight is 322 g/mol. The highest BCUT2D eigenvalue weighted by Gasteiger charge is 2.26. The fraction of sp³-hybridized carbons (Fsp3) is 0.250. The first-order chi connectivity index (χ1) is 11.4. The summed E-state index contributed by atoms with van der Waals surface area (Å²) in [6.07, 6.45) is 3.35. The topological polar surface area (TPSA) is 69.1 Å². The smallest absolute Gasteiger partial charge is 0.122 e. The molecular formula is C20H22N2O2. The highest BCUT2D eigenvalue weighted by Crippen LogP contribution is 2.42. The van der Waals surface area contributed by atoms with E-state index in [0.717, 1.165) is 39.1 Å². The Morgan fingerprint density at radius 1 is 0.833 bits per heavy atom. The van der Waals surface area contributed by atoms with Crippen molar-refractivity contribution in [1.29, 1.82) is 0 Å². The molecule has 2 aromatic carbocycles. The molecule has 0 fully saturated rings. The Labute approximate surface area is 141 Å². The lowest BCUT2D eigenvalue weighted by atomic mass is 9.84. The van der Waals surface area contributed by atoms with Crippen molar-refractivity contribution in [3.8, 4) is 11.5 Å². The molecule has 3 N–H and O–H groups in total. The maximum Gasteiger partial charge on any atom is 0.122 e. The van der Waals surface area contributed by atoms with E-state index in [0.29, 0.717) is 0 Å². The summed E-state index contributed by atoms with van der Waals surface area (Å²) in [5.74, 6) is 0.183. The molecule has 4 heteroatoms. The Morgan fingerprint density at radius 2 is 1.33 bits per heavy atom. The van der Waals surface area contributed by atoms with Crippen molar-refractivity contribution in [2.24, 2.45) is 0 Å². The van der Waals surface area contributed by atoms with E-state index in [1.54, 1.807) is 12.5 Å². The zero-order valence-corrected chi connectivity index (χ0v) is 14.4. The summed E-state index contributed by atoms with van der Waals surface area (Å²) < 4.78 is 0. The number of aromatic hydroxyl groups is 2. The number of H-pyrrole nitrogens is 1. The molecule has 0 saturated heterocycles. The largest absolute Gasteiger partial charge is 0.507 e. The van der Waals surface area contributed by atoms with Crippen LogP contribution in [-0.2, 0) is 0 Å². The van der Waals surface area contributed by atoms with Crippen molar-refractivity contribution >= 4 is 0 Å². The molecule has 0 unspecified atom stereocenters. The van der Waals surface area contributed by atoms with E-state index in [1.165, 1.54) is 0 Å². The predicted molar refractivity (Wildman–Crippen MR) is 94.7 cm³/mol. The van der Waals surface area contributed by atoms with E-state index >= 15 is 0 Å². The average Bonchev–Trinajstić information content (AvgIpc) is 3.03. The van der Waals surface area contributed by atoms with Crippen molar-refractivity contribution in [1.82, 2.24) is 9.97 Å². The molecule has 0 aliphatic heterocycles. The minimum Gasteiger partial charge on any atom is -0.507 e. The number of imidazole rings is 1. The number of phenolic OH excluding ortho intramolecular Hbond substituents is 2. The molecule has 0 aliphatic rings. The number of hydrogen-bond donors (Lipinski definition) is 3. The van der Waals surface area contributed by atoms with E-state index in [2.05, 4.69) is 9.97 Å². The van der Waals surface area contributed by atoms with Crippen molar-refractivity contribution < 1.29 is 10.2 Å². The second kappa shape index (κ2) is 6.04. The number of nitrogens with one attached hydrogen (secondary N) is 1. The van der Waals surface area contributed by atoms with Gasteiger partial charge in [0, 0.05) is 23.0 Å². The highest BCUT2D eigenvalue weighted by atomic mass is 16.3. The van der Waals surface area contributed by atoms with Crippen molar-refractivity contribution in [3.63, 3.8) is 0 Å². The lowest BCUT2D eigenvalue weighted by Crippen LogP contribution is -2.07. The van der Waals surface area contributed by atoms with Crippen LogP contribution in [0.25, 0.3) is 0 Å². The van der Waals surface area contributed by atoms with Crippen LogP contribution in [0, 0.1) is 27.7 Å². The number of rotatable bonds is 3. The molecule has 0 spiro atoms. The first-order valence-electron chi connectivity index (χ1n) is 7.97. The molecule has 0 radical (unpaired) electrons. The molecule has 0 atom stereocenters. The predicted octanol–water partition coefficient (Wildman–Crippen LogP) is 4.23. The summed E-state index contributed by atoms with van der Waals surface area (Å²) in [7, 11) is 0. The van der Waals surface area contributed by atoms with Crippen LogP contribution in [0.1, 0.15) is 45.0 Å². The van der Waals surface area contributed by atoms with Crippen LogP contribution in [-0.4, -0.2) is 20.2 Å². The normalized spacial score (nSPS) is 11.2. The van der Waals surface area contributed by atoms with Crippen LogP contribution < -0.4 is 0 Å². The van der Waals surface area contributed by atoms with Crippen molar-refractivity contribution in [3.05, 3.63) is 75.9 Å². The monoisotopic (exact) mass is 322 g/mol. The number of aromatic amines is 1. The van der Waals surface area contributed by atoms with Crippen LogP contribution in [0.3, 0.4) is 0 Å². The molecule has 3 rings (SSSR count). The Balaban J connectivity index is 2.32. The van der Waals surface area contributed by atoms with Crippen LogP contribution in [0.15, 0.2) is 36.8 Å². The minimum absolute atomic E-state index is 0.249. The fourth-order valence-electron chi connectivity index (χ4n) is 3.35. The molecule has 124 valence electrons. The Kier molecular flexibility index (Phi) is 4.06. The van der Waals surface area contributed by atoms with Gasteiger partial charge in [-0.25, -0.2) is 4.98 Å². The second-order valence-electron chi connectivity index (χ2n) is 6.48. The maximum atomic E-state index is 10.7. The summed E-state index contributed by atoms with van der Waals surface area (Å²) in [6, 6.07) is 7.82. The third kappa shape index (κ3) is 2.75. The van der Waals surface area contributed by atoms with E-state index in [4.69, 9.17) is 0 Å². The molecule has 24 heavy (non-hydrogen) atoms. The van der Waals surface area contributed by atoms with Gasteiger partial charge in [0.1, 0.15) is 11.5 Å². The number of phenols is 2. The van der Waals surface area contributed by atoms with Gasteiger partial charge in [-0.3, -0.25) is 0 Å². The molecule has 0 amide bonds. The van der Waals surface area contributed by atoms with Crippen LogP contribution in [0.5, 0.6) is 11.5 Å². The van der Waals surface area contributed by atoms with Gasteiger partial charge in [-0.1, -0.05) is 35.4 Å². The lowest BCUT2D eigenvalue weighted by Gasteiger charge is -2.22. The van der Waals surface area contributed by atoms with E-state index in [-0.39, 0.29) is 17.4 Å². The van der Waals surface area contributed by atoms with Crippen LogP contribution in [0.4, 0.5) is 0 Å². The summed E-state index contributed by atoms with van der Waals surface area (Å²) in [4.78, 5) is 7.26. The Hall–Kier alpha value is -2.75. The van der Waals surface area contributed by atoms with Gasteiger partial charge in [-0.15, -0.1) is 0 Å². The van der Waals surface area contributed by atoms with Gasteiger partial charge in [-0.05, 0) is 38.8 Å². The third-order valence-corrected chi connectivity index (χ3v) is 4.40. The standard InChI is InChI=1S/C20H22N2O2/c1-11-5-13(3)19(23)15(7-11)18(17-9-21-10-22-17)16-8-12(2)6-14(4)20(16)24/h5-10,18,23-24H,1-4H3,(H,21,22). The van der Waals surface area contributed by atoms with E-state index in [9.17, 15) is 10.2 Å². The van der Waals surface area contributed by atoms with Crippen molar-refractivity contribution in [2.45, 2.75) is 33.6 Å². The van der Waals surface area contributed by atoms with Gasteiger partial charge in [0.2, 0.25) is 0 Å². The van der Waals surface area contributed by atoms with E-state index < -0.39 is 0 Å².